The lowest BCUT2D eigenvalue weighted by atomic mass is 9.77. The van der Waals surface area contributed by atoms with Gasteiger partial charge in [0, 0.05) is 31.1 Å². The molecule has 158 valence electrons. The molecule has 4 heteroatoms. The normalized spacial score (nSPS) is 20.6. The molecule has 4 rings (SSSR count). The van der Waals surface area contributed by atoms with Crippen LogP contribution in [0.2, 0.25) is 5.02 Å². The largest absolute Gasteiger partial charge is 0.512 e. The lowest BCUT2D eigenvalue weighted by Gasteiger charge is -2.29. The number of halogens is 1. The summed E-state index contributed by atoms with van der Waals surface area (Å²) in [4.78, 5) is 13.1. The van der Waals surface area contributed by atoms with Gasteiger partial charge in [-0.3, -0.25) is 4.79 Å². The monoisotopic (exact) mass is 424 g/mol. The van der Waals surface area contributed by atoms with Gasteiger partial charge in [0.1, 0.15) is 5.76 Å². The molecule has 0 bridgehead atoms. The molecule has 0 spiro atoms. The van der Waals surface area contributed by atoms with E-state index in [0.717, 1.165) is 65.3 Å². The van der Waals surface area contributed by atoms with Crippen LogP contribution in [0.5, 0.6) is 0 Å². The van der Waals surface area contributed by atoms with Crippen LogP contribution in [-0.4, -0.2) is 24.1 Å². The summed E-state index contributed by atoms with van der Waals surface area (Å²) in [6.45, 7) is 5.61. The highest BCUT2D eigenvalue weighted by molar-refractivity contribution is 6.31. The summed E-state index contributed by atoms with van der Waals surface area (Å²) in [7, 11) is 0. The van der Waals surface area contributed by atoms with Crippen molar-refractivity contribution in [2.45, 2.75) is 46.0 Å². The van der Waals surface area contributed by atoms with Gasteiger partial charge in [-0.05, 0) is 91.0 Å². The molecule has 1 fully saturated rings. The summed E-state index contributed by atoms with van der Waals surface area (Å²) >= 11 is 6.18. The number of Topliss-reactive ketones (excluding diaryl/α,β-unsaturated/α-hetero) is 1. The van der Waals surface area contributed by atoms with Gasteiger partial charge in [0.25, 0.3) is 0 Å². The van der Waals surface area contributed by atoms with Crippen LogP contribution in [-0.2, 0) is 9.53 Å². The van der Waals surface area contributed by atoms with Crippen LogP contribution in [0.15, 0.2) is 42.2 Å². The number of rotatable bonds is 4. The highest BCUT2D eigenvalue weighted by Crippen LogP contribution is 2.38. The summed E-state index contributed by atoms with van der Waals surface area (Å²) in [5.74, 6) is 1.13. The smallest absolute Gasteiger partial charge is 0.167 e. The molecule has 1 heterocycles. The van der Waals surface area contributed by atoms with Crippen molar-refractivity contribution >= 4 is 23.0 Å². The first kappa shape index (κ1) is 21.1. The van der Waals surface area contributed by atoms with Crippen LogP contribution in [0.3, 0.4) is 0 Å². The number of aryl methyl sites for hydroxylation is 2. The van der Waals surface area contributed by atoms with E-state index in [1.807, 2.05) is 38.1 Å². The number of allylic oxidation sites excluding steroid dienone is 2. The van der Waals surface area contributed by atoms with E-state index in [1.165, 1.54) is 0 Å². The fraction of sp³-hybridized carbons (Fsp3) is 0.423. The second-order valence-electron chi connectivity index (χ2n) is 8.80. The maximum Gasteiger partial charge on any atom is 0.167 e. The molecule has 1 atom stereocenters. The quantitative estimate of drug-likeness (QED) is 0.594. The Balaban J connectivity index is 1.61. The average molecular weight is 425 g/mol. The summed E-state index contributed by atoms with van der Waals surface area (Å²) < 4.78 is 5.45. The number of carbonyl (C=O) groups is 1. The molecule has 2 aromatic rings. The topological polar surface area (TPSA) is 46.5 Å². The Labute approximate surface area is 183 Å². The van der Waals surface area contributed by atoms with Gasteiger partial charge in [0.2, 0.25) is 0 Å². The van der Waals surface area contributed by atoms with Crippen molar-refractivity contribution in [1.29, 1.82) is 0 Å². The molecule has 1 N–H and O–H groups in total. The molecule has 1 saturated heterocycles. The predicted octanol–water partition coefficient (Wildman–Crippen LogP) is 6.69. The number of aliphatic hydroxyl groups is 1. The van der Waals surface area contributed by atoms with E-state index < -0.39 is 0 Å². The molecule has 1 aliphatic heterocycles. The molecule has 2 aliphatic rings. The molecule has 0 amide bonds. The Bertz CT molecular complexity index is 986. The standard InChI is InChI=1S/C26H29ClO3/c1-16-3-4-21(20-5-6-23(27)17(2)11-20)15-22(16)26-24(28)13-19(14-25(26)29)12-18-7-9-30-10-8-18/h3-6,11,15,18-19,28H,7-10,12-14H2,1-2H3. The molecule has 0 radical (unpaired) electrons. The second-order valence-corrected chi connectivity index (χ2v) is 9.21. The lowest BCUT2D eigenvalue weighted by molar-refractivity contribution is -0.115. The zero-order valence-electron chi connectivity index (χ0n) is 17.7. The number of ketones is 1. The fourth-order valence-corrected chi connectivity index (χ4v) is 4.91. The Morgan fingerprint density at radius 2 is 1.67 bits per heavy atom. The third-order valence-electron chi connectivity index (χ3n) is 6.53. The minimum atomic E-state index is 0.0587. The summed E-state index contributed by atoms with van der Waals surface area (Å²) in [5, 5.41) is 11.6. The predicted molar refractivity (Wildman–Crippen MR) is 122 cm³/mol. The van der Waals surface area contributed by atoms with Crippen LogP contribution in [0.1, 0.15) is 48.8 Å². The third kappa shape index (κ3) is 4.48. The van der Waals surface area contributed by atoms with E-state index in [-0.39, 0.29) is 17.5 Å². The molecule has 30 heavy (non-hydrogen) atoms. The van der Waals surface area contributed by atoms with Crippen molar-refractivity contribution in [3.8, 4) is 11.1 Å². The minimum absolute atomic E-state index is 0.0587. The van der Waals surface area contributed by atoms with Crippen molar-refractivity contribution in [3.05, 3.63) is 63.9 Å². The van der Waals surface area contributed by atoms with Crippen molar-refractivity contribution < 1.29 is 14.6 Å². The van der Waals surface area contributed by atoms with Gasteiger partial charge >= 0.3 is 0 Å². The van der Waals surface area contributed by atoms with E-state index in [2.05, 4.69) is 12.1 Å². The number of hydrogen-bond donors (Lipinski definition) is 1. The van der Waals surface area contributed by atoms with Crippen LogP contribution >= 0.6 is 11.6 Å². The molecule has 1 unspecified atom stereocenters. The molecular weight excluding hydrogens is 396 g/mol. The molecule has 1 aliphatic carbocycles. The highest BCUT2D eigenvalue weighted by atomic mass is 35.5. The first-order chi connectivity index (χ1) is 14.4. The van der Waals surface area contributed by atoms with E-state index in [4.69, 9.17) is 16.3 Å². The number of ether oxygens (including phenoxy) is 1. The summed E-state index contributed by atoms with van der Waals surface area (Å²) in [5.41, 5.74) is 5.44. The number of benzene rings is 2. The maximum absolute atomic E-state index is 13.1. The van der Waals surface area contributed by atoms with Crippen LogP contribution in [0, 0.1) is 25.7 Å². The van der Waals surface area contributed by atoms with Gasteiger partial charge in [-0.15, -0.1) is 0 Å². The molecule has 2 aromatic carbocycles. The van der Waals surface area contributed by atoms with E-state index in [0.29, 0.717) is 24.3 Å². The van der Waals surface area contributed by atoms with E-state index >= 15 is 0 Å². The Kier molecular flexibility index (Phi) is 6.31. The van der Waals surface area contributed by atoms with Gasteiger partial charge in [-0.1, -0.05) is 29.8 Å². The molecular formula is C26H29ClO3. The zero-order chi connectivity index (χ0) is 21.3. The molecule has 3 nitrogen and oxygen atoms in total. The Morgan fingerprint density at radius 1 is 0.967 bits per heavy atom. The first-order valence-electron chi connectivity index (χ1n) is 10.8. The fourth-order valence-electron chi connectivity index (χ4n) is 4.79. The SMILES string of the molecule is Cc1cc(-c2ccc(C)c(C3=C(O)CC(CC4CCOCC4)CC3=O)c2)ccc1Cl. The van der Waals surface area contributed by atoms with Crippen molar-refractivity contribution in [1.82, 2.24) is 0 Å². The van der Waals surface area contributed by atoms with Crippen molar-refractivity contribution in [2.75, 3.05) is 13.2 Å². The van der Waals surface area contributed by atoms with Crippen LogP contribution in [0.4, 0.5) is 0 Å². The average Bonchev–Trinajstić information content (AvgIpc) is 2.72. The first-order valence-corrected chi connectivity index (χ1v) is 11.2. The van der Waals surface area contributed by atoms with Gasteiger partial charge < -0.3 is 9.84 Å². The van der Waals surface area contributed by atoms with Gasteiger partial charge in [0.05, 0.1) is 5.57 Å². The Morgan fingerprint density at radius 3 is 2.37 bits per heavy atom. The maximum atomic E-state index is 13.1. The summed E-state index contributed by atoms with van der Waals surface area (Å²) in [6.07, 6.45) is 4.21. The number of carbonyl (C=O) groups excluding carboxylic acids is 1. The number of aliphatic hydroxyl groups excluding tert-OH is 1. The Hall–Kier alpha value is -2.10. The molecule has 0 aromatic heterocycles. The van der Waals surface area contributed by atoms with Crippen LogP contribution in [0.25, 0.3) is 16.7 Å². The molecule has 0 saturated carbocycles. The van der Waals surface area contributed by atoms with Gasteiger partial charge in [-0.2, -0.15) is 0 Å². The third-order valence-corrected chi connectivity index (χ3v) is 6.95. The van der Waals surface area contributed by atoms with Crippen molar-refractivity contribution in [3.63, 3.8) is 0 Å². The van der Waals surface area contributed by atoms with E-state index in [9.17, 15) is 9.90 Å². The van der Waals surface area contributed by atoms with Crippen LogP contribution < -0.4 is 0 Å². The highest BCUT2D eigenvalue weighted by Gasteiger charge is 2.31. The minimum Gasteiger partial charge on any atom is -0.512 e. The van der Waals surface area contributed by atoms with Gasteiger partial charge in [-0.25, -0.2) is 0 Å². The van der Waals surface area contributed by atoms with Crippen molar-refractivity contribution in [2.24, 2.45) is 11.8 Å². The lowest BCUT2D eigenvalue weighted by Crippen LogP contribution is -2.24. The van der Waals surface area contributed by atoms with E-state index in [1.54, 1.807) is 0 Å². The summed E-state index contributed by atoms with van der Waals surface area (Å²) in [6, 6.07) is 12.0. The zero-order valence-corrected chi connectivity index (χ0v) is 18.5. The van der Waals surface area contributed by atoms with Gasteiger partial charge in [0.15, 0.2) is 5.78 Å². The second kappa shape index (κ2) is 8.95. The number of hydrogen-bond acceptors (Lipinski definition) is 3.